The summed E-state index contributed by atoms with van der Waals surface area (Å²) in [4.78, 5) is 7.43. The molecule has 33 heavy (non-hydrogen) atoms. The first-order valence-electron chi connectivity index (χ1n) is 11.3. The van der Waals surface area contributed by atoms with Crippen LogP contribution in [0.25, 0.3) is 0 Å². The molecule has 3 aromatic rings. The van der Waals surface area contributed by atoms with Crippen molar-refractivity contribution in [1.82, 2.24) is 0 Å². The Morgan fingerprint density at radius 1 is 0.788 bits per heavy atom. The highest BCUT2D eigenvalue weighted by atomic mass is 33.1. The van der Waals surface area contributed by atoms with Crippen LogP contribution < -0.4 is 0 Å². The van der Waals surface area contributed by atoms with E-state index in [1.165, 1.54) is 22.6 Å². The van der Waals surface area contributed by atoms with Crippen molar-refractivity contribution < 1.29 is 4.74 Å². The summed E-state index contributed by atoms with van der Waals surface area (Å²) in [5.41, 5.74) is 0.940. The van der Waals surface area contributed by atoms with Gasteiger partial charge in [-0.2, -0.15) is 0 Å². The van der Waals surface area contributed by atoms with Gasteiger partial charge in [-0.3, -0.25) is 0 Å². The first-order chi connectivity index (χ1) is 16.2. The average molecular weight is 514 g/mol. The fourth-order valence-electron chi connectivity index (χ4n) is 2.95. The molecule has 0 aliphatic carbocycles. The molecule has 0 aromatic heterocycles. The predicted octanol–water partition coefficient (Wildman–Crippen LogP) is 9.91. The average Bonchev–Trinajstić information content (AvgIpc) is 2.86. The summed E-state index contributed by atoms with van der Waals surface area (Å²) in [6.07, 6.45) is 4.31. The zero-order valence-electron chi connectivity index (χ0n) is 19.1. The third-order valence-electron chi connectivity index (χ3n) is 4.64. The molecule has 0 saturated heterocycles. The van der Waals surface area contributed by atoms with Crippen LogP contribution in [0.4, 0.5) is 5.69 Å². The van der Waals surface area contributed by atoms with Crippen LogP contribution in [-0.2, 0) is 4.74 Å². The van der Waals surface area contributed by atoms with Gasteiger partial charge in [0.1, 0.15) is 0 Å². The molecule has 3 rings (SSSR count). The van der Waals surface area contributed by atoms with E-state index in [9.17, 15) is 0 Å². The number of ether oxygens (including phenoxy) is 1. The minimum absolute atomic E-state index is 0.159. The lowest BCUT2D eigenvalue weighted by Gasteiger charge is -2.20. The summed E-state index contributed by atoms with van der Waals surface area (Å²) in [5.74, 6) is 0.817. The SMILES string of the molecule is CCCCC(C)OC(CC(SSc1ccccc1)SSc1ccccc1)=Nc1ccccc1. The van der Waals surface area contributed by atoms with Gasteiger partial charge in [-0.05, 0) is 49.7 Å². The molecule has 0 radical (unpaired) electrons. The Kier molecular flexibility index (Phi) is 12.2. The Hall–Kier alpha value is -1.47. The minimum atomic E-state index is 0.159. The first kappa shape index (κ1) is 26.1. The van der Waals surface area contributed by atoms with Gasteiger partial charge in [0.05, 0.1) is 16.4 Å². The van der Waals surface area contributed by atoms with Crippen molar-refractivity contribution in [3.63, 3.8) is 0 Å². The molecular formula is C27H31NOS4. The van der Waals surface area contributed by atoms with Crippen LogP contribution >= 0.6 is 43.2 Å². The quantitative estimate of drug-likeness (QED) is 0.0978. The Bertz CT molecular complexity index is 895. The molecule has 174 valence electrons. The number of benzene rings is 3. The lowest BCUT2D eigenvalue weighted by Crippen LogP contribution is -2.17. The summed E-state index contributed by atoms with van der Waals surface area (Å²) >= 11 is 0. The molecule has 0 aliphatic rings. The van der Waals surface area contributed by atoms with Crippen LogP contribution in [0.1, 0.15) is 39.5 Å². The van der Waals surface area contributed by atoms with Gasteiger partial charge in [-0.25, -0.2) is 4.99 Å². The predicted molar refractivity (Wildman–Crippen MR) is 152 cm³/mol. The molecule has 0 N–H and O–H groups in total. The molecule has 0 fully saturated rings. The maximum atomic E-state index is 6.40. The second kappa shape index (κ2) is 15.4. The van der Waals surface area contributed by atoms with Crippen LogP contribution in [0.5, 0.6) is 0 Å². The van der Waals surface area contributed by atoms with Gasteiger partial charge >= 0.3 is 0 Å². The van der Waals surface area contributed by atoms with Crippen molar-refractivity contribution in [2.45, 2.75) is 60.0 Å². The van der Waals surface area contributed by atoms with E-state index in [1.54, 1.807) is 0 Å². The summed E-state index contributed by atoms with van der Waals surface area (Å²) in [6, 6.07) is 31.2. The van der Waals surface area contributed by atoms with Crippen LogP contribution in [0.15, 0.2) is 106 Å². The third kappa shape index (κ3) is 10.6. The third-order valence-corrected chi connectivity index (χ3v) is 11.0. The maximum Gasteiger partial charge on any atom is 0.190 e. The van der Waals surface area contributed by atoms with Gasteiger partial charge in [-0.15, -0.1) is 0 Å². The van der Waals surface area contributed by atoms with Crippen molar-refractivity contribution in [2.24, 2.45) is 4.99 Å². The molecule has 0 amide bonds. The number of hydrogen-bond donors (Lipinski definition) is 0. The fraction of sp³-hybridized carbons (Fsp3) is 0.296. The van der Waals surface area contributed by atoms with E-state index in [1.807, 2.05) is 73.5 Å². The molecule has 1 unspecified atom stereocenters. The Morgan fingerprint density at radius 2 is 1.30 bits per heavy atom. The van der Waals surface area contributed by atoms with Crippen molar-refractivity contribution in [3.05, 3.63) is 91.0 Å². The Balaban J connectivity index is 1.73. The van der Waals surface area contributed by atoms with E-state index in [0.717, 1.165) is 24.4 Å². The second-order valence-electron chi connectivity index (χ2n) is 7.53. The van der Waals surface area contributed by atoms with E-state index in [-0.39, 0.29) is 10.7 Å². The van der Waals surface area contributed by atoms with Crippen LogP contribution in [0.2, 0.25) is 0 Å². The van der Waals surface area contributed by atoms with Gasteiger partial charge in [0.25, 0.3) is 0 Å². The maximum absolute atomic E-state index is 6.40. The van der Waals surface area contributed by atoms with Gasteiger partial charge < -0.3 is 4.74 Å². The monoisotopic (exact) mass is 513 g/mol. The molecule has 6 heteroatoms. The molecule has 0 aliphatic heterocycles. The van der Waals surface area contributed by atoms with E-state index >= 15 is 0 Å². The van der Waals surface area contributed by atoms with Crippen molar-refractivity contribution in [1.29, 1.82) is 0 Å². The largest absolute Gasteiger partial charge is 0.478 e. The van der Waals surface area contributed by atoms with Crippen LogP contribution in [0.3, 0.4) is 0 Å². The standard InChI is InChI=1S/C27H31NOS4/c1-3-4-14-22(2)29-26(28-23-15-8-5-9-16-23)21-27(32-30-24-17-10-6-11-18-24)33-31-25-19-12-7-13-20-25/h5-13,15-20,22,27H,3-4,14,21H2,1-2H3. The number of aliphatic imine (C=N–C) groups is 1. The molecule has 0 spiro atoms. The lowest BCUT2D eigenvalue weighted by molar-refractivity contribution is 0.189. The summed E-state index contributed by atoms with van der Waals surface area (Å²) in [5, 5.41) is 0. The van der Waals surface area contributed by atoms with Gasteiger partial charge in [-0.1, -0.05) is 118 Å². The molecule has 0 heterocycles. The van der Waals surface area contributed by atoms with Gasteiger partial charge in [0.2, 0.25) is 0 Å². The molecule has 0 saturated carbocycles. The molecule has 1 atom stereocenters. The topological polar surface area (TPSA) is 21.6 Å². The lowest BCUT2D eigenvalue weighted by atomic mass is 10.2. The van der Waals surface area contributed by atoms with E-state index < -0.39 is 0 Å². The highest BCUT2D eigenvalue weighted by Gasteiger charge is 2.19. The molecular weight excluding hydrogens is 483 g/mol. The fourth-order valence-corrected chi connectivity index (χ4v) is 8.72. The molecule has 3 aromatic carbocycles. The first-order valence-corrected chi connectivity index (χ1v) is 15.7. The number of para-hydroxylation sites is 1. The summed E-state index contributed by atoms with van der Waals surface area (Å²) in [6.45, 7) is 4.37. The number of hydrogen-bond acceptors (Lipinski definition) is 6. The van der Waals surface area contributed by atoms with Crippen molar-refractivity contribution in [2.75, 3.05) is 0 Å². The molecule has 0 bridgehead atoms. The highest BCUT2D eigenvalue weighted by Crippen LogP contribution is 2.47. The van der Waals surface area contributed by atoms with Crippen molar-refractivity contribution >= 4 is 54.8 Å². The van der Waals surface area contributed by atoms with Gasteiger partial charge in [0, 0.05) is 16.2 Å². The summed E-state index contributed by atoms with van der Waals surface area (Å²) < 4.78 is 6.67. The normalized spacial score (nSPS) is 12.6. The number of rotatable bonds is 13. The van der Waals surface area contributed by atoms with E-state index in [0.29, 0.717) is 0 Å². The van der Waals surface area contributed by atoms with E-state index in [4.69, 9.17) is 9.73 Å². The summed E-state index contributed by atoms with van der Waals surface area (Å²) in [7, 11) is 7.38. The zero-order valence-corrected chi connectivity index (χ0v) is 22.4. The van der Waals surface area contributed by atoms with Gasteiger partial charge in [0.15, 0.2) is 5.90 Å². The van der Waals surface area contributed by atoms with Crippen LogP contribution in [-0.4, -0.2) is 16.6 Å². The minimum Gasteiger partial charge on any atom is -0.478 e. The van der Waals surface area contributed by atoms with Crippen LogP contribution in [0, 0.1) is 0 Å². The van der Waals surface area contributed by atoms with Crippen molar-refractivity contribution in [3.8, 4) is 0 Å². The number of unbranched alkanes of at least 4 members (excludes halogenated alkanes) is 1. The zero-order chi connectivity index (χ0) is 23.1. The highest BCUT2D eigenvalue weighted by molar-refractivity contribution is 8.85. The molecule has 2 nitrogen and oxygen atoms in total. The Morgan fingerprint density at radius 3 is 1.82 bits per heavy atom. The number of nitrogens with zero attached hydrogens (tertiary/aromatic N) is 1. The Labute approximate surface area is 214 Å². The smallest absolute Gasteiger partial charge is 0.190 e. The van der Waals surface area contributed by atoms with E-state index in [2.05, 4.69) is 74.5 Å². The second-order valence-corrected chi connectivity index (χ2v) is 12.8.